The molecule has 0 aromatic carbocycles. The van der Waals surface area contributed by atoms with E-state index in [-0.39, 0.29) is 5.82 Å². The van der Waals surface area contributed by atoms with Crippen LogP contribution in [0, 0.1) is 5.39 Å². The number of aromatic nitrogens is 1. The van der Waals surface area contributed by atoms with Crippen LogP contribution in [0.4, 0.5) is 11.5 Å². The van der Waals surface area contributed by atoms with Crippen LogP contribution in [0.3, 0.4) is 0 Å². The van der Waals surface area contributed by atoms with Crippen LogP contribution in [-0.4, -0.2) is 4.98 Å². The van der Waals surface area contributed by atoms with E-state index >= 15 is 0 Å². The van der Waals surface area contributed by atoms with E-state index in [0.717, 1.165) is 0 Å². The molecule has 0 unspecified atom stereocenters. The molecule has 0 aliphatic rings. The summed E-state index contributed by atoms with van der Waals surface area (Å²) >= 11 is 0. The highest BCUT2D eigenvalue weighted by molar-refractivity contribution is 5.60. The molecule has 4 heteroatoms. The Morgan fingerprint density at radius 1 is 1.67 bits per heavy atom. The Labute approximate surface area is 52.0 Å². The second kappa shape index (κ2) is 2.09. The first-order chi connectivity index (χ1) is 4.34. The minimum atomic E-state index is 0.164. The summed E-state index contributed by atoms with van der Waals surface area (Å²) in [7, 11) is 0. The number of hydrogen-bond donors (Lipinski definition) is 1. The summed E-state index contributed by atoms with van der Waals surface area (Å²) in [6.45, 7) is 0. The van der Waals surface area contributed by atoms with Gasteiger partial charge in [-0.1, -0.05) is 0 Å². The zero-order valence-corrected chi connectivity index (χ0v) is 4.65. The highest BCUT2D eigenvalue weighted by Gasteiger charge is 2.07. The average molecular weight is 121 g/mol. The summed E-state index contributed by atoms with van der Waals surface area (Å²) < 4.78 is 0. The third kappa shape index (κ3) is 0.941. The lowest BCUT2D eigenvalue weighted by Crippen LogP contribution is -1.84. The molecule has 1 rings (SSSR count). The number of nitrogens with two attached hydrogens (primary N) is 1. The molecule has 1 aromatic rings. The molecule has 0 atom stereocenters. The SMILES string of the molecule is N#[N+]c1ncccc1N. The Kier molecular flexibility index (Phi) is 1.28. The molecule has 0 radical (unpaired) electrons. The van der Waals surface area contributed by atoms with Crippen molar-refractivity contribution in [3.8, 4) is 0 Å². The summed E-state index contributed by atoms with van der Waals surface area (Å²) in [5.41, 5.74) is 5.69. The molecule has 0 saturated carbocycles. The number of hydrogen-bond acceptors (Lipinski definition) is 3. The van der Waals surface area contributed by atoms with Gasteiger partial charge in [-0.3, -0.25) is 0 Å². The van der Waals surface area contributed by atoms with E-state index in [0.29, 0.717) is 5.69 Å². The van der Waals surface area contributed by atoms with Gasteiger partial charge in [0.05, 0.1) is 5.39 Å². The largest absolute Gasteiger partial charge is 0.487 e. The van der Waals surface area contributed by atoms with Gasteiger partial charge >= 0.3 is 5.82 Å². The van der Waals surface area contributed by atoms with Crippen molar-refractivity contribution in [3.05, 3.63) is 23.3 Å². The Hall–Kier alpha value is -1.63. The van der Waals surface area contributed by atoms with Crippen molar-refractivity contribution in [3.63, 3.8) is 0 Å². The van der Waals surface area contributed by atoms with Gasteiger partial charge < -0.3 is 5.73 Å². The van der Waals surface area contributed by atoms with Crippen molar-refractivity contribution in [2.75, 3.05) is 5.73 Å². The van der Waals surface area contributed by atoms with Crippen LogP contribution in [0.15, 0.2) is 18.3 Å². The van der Waals surface area contributed by atoms with Crippen molar-refractivity contribution >= 4 is 11.5 Å². The number of anilines is 1. The van der Waals surface area contributed by atoms with Gasteiger partial charge in [0, 0.05) is 4.98 Å². The van der Waals surface area contributed by atoms with E-state index in [4.69, 9.17) is 11.1 Å². The third-order valence-electron chi connectivity index (χ3n) is 0.912. The summed E-state index contributed by atoms with van der Waals surface area (Å²) in [5.74, 6) is 0.164. The van der Waals surface area contributed by atoms with Crippen molar-refractivity contribution < 1.29 is 0 Å². The second-order valence-corrected chi connectivity index (χ2v) is 1.52. The van der Waals surface area contributed by atoms with E-state index in [9.17, 15) is 0 Å². The molecule has 9 heavy (non-hydrogen) atoms. The first-order valence-corrected chi connectivity index (χ1v) is 2.40. The van der Waals surface area contributed by atoms with E-state index in [2.05, 4.69) is 9.96 Å². The second-order valence-electron chi connectivity index (χ2n) is 1.52. The molecule has 0 aliphatic carbocycles. The summed E-state index contributed by atoms with van der Waals surface area (Å²) in [6, 6.07) is 3.28. The van der Waals surface area contributed by atoms with Crippen LogP contribution < -0.4 is 5.73 Å². The van der Waals surface area contributed by atoms with Gasteiger partial charge in [-0.05, 0) is 17.1 Å². The number of rotatable bonds is 0. The maximum atomic E-state index is 8.20. The standard InChI is InChI=1S/C5H5N4/c6-4-2-1-3-8-5(4)9-7/h1-3H,6H2/q+1. The number of pyridine rings is 1. The molecule has 4 nitrogen and oxygen atoms in total. The Morgan fingerprint density at radius 2 is 2.44 bits per heavy atom. The Morgan fingerprint density at radius 3 is 2.89 bits per heavy atom. The fourth-order valence-electron chi connectivity index (χ4n) is 0.493. The van der Waals surface area contributed by atoms with Crippen LogP contribution in [0.5, 0.6) is 0 Å². The van der Waals surface area contributed by atoms with E-state index in [1.165, 1.54) is 6.20 Å². The van der Waals surface area contributed by atoms with Crippen LogP contribution in [0.1, 0.15) is 0 Å². The molecular weight excluding hydrogens is 116 g/mol. The fourth-order valence-corrected chi connectivity index (χ4v) is 0.493. The summed E-state index contributed by atoms with van der Waals surface area (Å²) in [6.07, 6.45) is 1.51. The Balaban J connectivity index is 3.20. The Bertz CT molecular complexity index is 249. The summed E-state index contributed by atoms with van der Waals surface area (Å²) in [5, 5.41) is 8.20. The van der Waals surface area contributed by atoms with Crippen LogP contribution in [0.2, 0.25) is 0 Å². The van der Waals surface area contributed by atoms with Gasteiger partial charge in [0.25, 0.3) is 0 Å². The van der Waals surface area contributed by atoms with E-state index < -0.39 is 0 Å². The minimum absolute atomic E-state index is 0.164. The number of nitrogens with zero attached hydrogens (tertiary/aromatic N) is 3. The fraction of sp³-hybridized carbons (Fsp3) is 0. The molecular formula is C5H5N4+. The highest BCUT2D eigenvalue weighted by Crippen LogP contribution is 2.15. The zero-order chi connectivity index (χ0) is 6.69. The van der Waals surface area contributed by atoms with Gasteiger partial charge in [-0.2, -0.15) is 0 Å². The van der Waals surface area contributed by atoms with Gasteiger partial charge in [-0.25, -0.2) is 0 Å². The van der Waals surface area contributed by atoms with Gasteiger partial charge in [0.2, 0.25) is 0 Å². The highest BCUT2D eigenvalue weighted by atomic mass is 15.0. The third-order valence-corrected chi connectivity index (χ3v) is 0.912. The smallest absolute Gasteiger partial charge is 0.391 e. The maximum Gasteiger partial charge on any atom is 0.487 e. The van der Waals surface area contributed by atoms with Crippen LogP contribution in [0.25, 0.3) is 4.98 Å². The van der Waals surface area contributed by atoms with Crippen LogP contribution >= 0.6 is 0 Å². The van der Waals surface area contributed by atoms with Gasteiger partial charge in [0.1, 0.15) is 11.9 Å². The van der Waals surface area contributed by atoms with Gasteiger partial charge in [0.15, 0.2) is 0 Å². The monoisotopic (exact) mass is 121 g/mol. The molecule has 0 spiro atoms. The molecule has 0 aliphatic heterocycles. The molecule has 0 bridgehead atoms. The lowest BCUT2D eigenvalue weighted by atomic mass is 10.4. The minimum Gasteiger partial charge on any atom is -0.391 e. The average Bonchev–Trinajstić information content (AvgIpc) is 1.89. The predicted octanol–water partition coefficient (Wildman–Crippen LogP) is 1.15. The lowest BCUT2D eigenvalue weighted by molar-refractivity contribution is 1.32. The number of diazo groups is 1. The summed E-state index contributed by atoms with van der Waals surface area (Å²) in [4.78, 5) is 6.49. The molecule has 0 amide bonds. The first kappa shape index (κ1) is 5.51. The molecule has 0 fully saturated rings. The van der Waals surface area contributed by atoms with Crippen molar-refractivity contribution in [1.82, 2.24) is 4.98 Å². The van der Waals surface area contributed by atoms with E-state index in [1.807, 2.05) is 0 Å². The van der Waals surface area contributed by atoms with Crippen molar-refractivity contribution in [2.24, 2.45) is 0 Å². The maximum absolute atomic E-state index is 8.20. The zero-order valence-electron chi connectivity index (χ0n) is 4.65. The van der Waals surface area contributed by atoms with Gasteiger partial charge in [-0.15, -0.1) is 0 Å². The molecule has 44 valence electrons. The van der Waals surface area contributed by atoms with Crippen LogP contribution in [-0.2, 0) is 0 Å². The molecule has 1 heterocycles. The number of nitrogen functional groups attached to an aromatic ring is 1. The molecule has 1 aromatic heterocycles. The first-order valence-electron chi connectivity index (χ1n) is 2.40. The molecule has 0 saturated heterocycles. The topological polar surface area (TPSA) is 67.1 Å². The van der Waals surface area contributed by atoms with Crippen molar-refractivity contribution in [2.45, 2.75) is 0 Å². The predicted molar refractivity (Wildman–Crippen MR) is 33.4 cm³/mol. The lowest BCUT2D eigenvalue weighted by Gasteiger charge is -1.79. The quantitative estimate of drug-likeness (QED) is 0.523. The van der Waals surface area contributed by atoms with Crippen molar-refractivity contribution in [1.29, 1.82) is 5.39 Å². The molecule has 2 N–H and O–H groups in total. The van der Waals surface area contributed by atoms with E-state index in [1.54, 1.807) is 12.1 Å². The normalized spacial score (nSPS) is 8.33.